The molecule has 0 aliphatic carbocycles. The summed E-state index contributed by atoms with van der Waals surface area (Å²) in [5.74, 6) is 0.428. The van der Waals surface area contributed by atoms with Gasteiger partial charge in [0, 0.05) is 18.7 Å². The molecule has 1 saturated heterocycles. The fraction of sp³-hybridized carbons (Fsp3) is 1.00. The van der Waals surface area contributed by atoms with Crippen molar-refractivity contribution in [2.45, 2.75) is 38.8 Å². The molecule has 3 heteroatoms. The molecule has 13 heavy (non-hydrogen) atoms. The lowest BCUT2D eigenvalue weighted by atomic mass is 9.95. The summed E-state index contributed by atoms with van der Waals surface area (Å²) >= 11 is 0. The van der Waals surface area contributed by atoms with Crippen molar-refractivity contribution < 1.29 is 5.11 Å². The molecule has 0 aromatic carbocycles. The van der Waals surface area contributed by atoms with E-state index in [1.165, 1.54) is 0 Å². The molecule has 2 unspecified atom stereocenters. The fourth-order valence-corrected chi connectivity index (χ4v) is 1.97. The van der Waals surface area contributed by atoms with Gasteiger partial charge in [-0.3, -0.25) is 0 Å². The van der Waals surface area contributed by atoms with Crippen molar-refractivity contribution in [3.05, 3.63) is 0 Å². The first-order valence-corrected chi connectivity index (χ1v) is 5.31. The molecular weight excluding hydrogens is 164 g/mol. The second-order valence-corrected chi connectivity index (χ2v) is 4.20. The van der Waals surface area contributed by atoms with Crippen LogP contribution in [0.3, 0.4) is 0 Å². The summed E-state index contributed by atoms with van der Waals surface area (Å²) in [6, 6.07) is 0.997. The van der Waals surface area contributed by atoms with Crippen molar-refractivity contribution >= 4 is 0 Å². The van der Waals surface area contributed by atoms with Crippen molar-refractivity contribution in [3.8, 4) is 0 Å². The van der Waals surface area contributed by atoms with Crippen LogP contribution in [0.5, 0.6) is 0 Å². The number of hydrogen-bond donors (Lipinski definition) is 3. The molecule has 0 aromatic rings. The molecule has 2 atom stereocenters. The Morgan fingerprint density at radius 1 is 1.38 bits per heavy atom. The summed E-state index contributed by atoms with van der Waals surface area (Å²) in [6.07, 6.45) is 2.21. The Balaban J connectivity index is 2.44. The second kappa shape index (κ2) is 5.58. The molecule has 1 rings (SSSR count). The van der Waals surface area contributed by atoms with Crippen molar-refractivity contribution in [2.75, 3.05) is 19.7 Å². The Labute approximate surface area is 80.9 Å². The van der Waals surface area contributed by atoms with Gasteiger partial charge in [0.15, 0.2) is 0 Å². The van der Waals surface area contributed by atoms with Crippen LogP contribution in [0.25, 0.3) is 0 Å². The van der Waals surface area contributed by atoms with Crippen LogP contribution in [-0.4, -0.2) is 36.9 Å². The minimum absolute atomic E-state index is 0.312. The van der Waals surface area contributed by atoms with Crippen molar-refractivity contribution in [1.29, 1.82) is 0 Å². The number of hydrogen-bond acceptors (Lipinski definition) is 3. The van der Waals surface area contributed by atoms with Crippen LogP contribution in [0.1, 0.15) is 26.7 Å². The zero-order valence-corrected chi connectivity index (χ0v) is 8.71. The Kier molecular flexibility index (Phi) is 4.70. The fourth-order valence-electron chi connectivity index (χ4n) is 1.97. The van der Waals surface area contributed by atoms with E-state index in [9.17, 15) is 5.11 Å². The van der Waals surface area contributed by atoms with Crippen LogP contribution >= 0.6 is 0 Å². The Morgan fingerprint density at radius 3 is 2.69 bits per heavy atom. The van der Waals surface area contributed by atoms with Gasteiger partial charge in [0.25, 0.3) is 0 Å². The Morgan fingerprint density at radius 2 is 2.08 bits per heavy atom. The predicted octanol–water partition coefficient (Wildman–Crippen LogP) is 0.345. The molecule has 0 bridgehead atoms. The molecule has 1 heterocycles. The average molecular weight is 186 g/mol. The van der Waals surface area contributed by atoms with Gasteiger partial charge in [-0.2, -0.15) is 0 Å². The highest BCUT2D eigenvalue weighted by atomic mass is 16.3. The topological polar surface area (TPSA) is 44.3 Å². The van der Waals surface area contributed by atoms with Gasteiger partial charge in [0.2, 0.25) is 0 Å². The van der Waals surface area contributed by atoms with Gasteiger partial charge in [-0.05, 0) is 31.8 Å². The molecule has 0 radical (unpaired) electrons. The van der Waals surface area contributed by atoms with Crippen molar-refractivity contribution in [3.63, 3.8) is 0 Å². The summed E-state index contributed by atoms with van der Waals surface area (Å²) in [5.41, 5.74) is 0. The van der Waals surface area contributed by atoms with Crippen LogP contribution in [0, 0.1) is 5.92 Å². The van der Waals surface area contributed by atoms with Crippen LogP contribution in [0.15, 0.2) is 0 Å². The highest BCUT2D eigenvalue weighted by Gasteiger charge is 2.22. The third-order valence-electron chi connectivity index (χ3n) is 2.67. The van der Waals surface area contributed by atoms with E-state index in [4.69, 9.17) is 0 Å². The zero-order valence-electron chi connectivity index (χ0n) is 8.71. The lowest BCUT2D eigenvalue weighted by molar-refractivity contribution is 0.180. The summed E-state index contributed by atoms with van der Waals surface area (Å²) in [6.45, 7) is 6.74. The van der Waals surface area contributed by atoms with Crippen LogP contribution in [-0.2, 0) is 0 Å². The molecule has 78 valence electrons. The molecule has 0 spiro atoms. The quantitative estimate of drug-likeness (QED) is 0.596. The van der Waals surface area contributed by atoms with Crippen molar-refractivity contribution in [2.24, 2.45) is 5.92 Å². The van der Waals surface area contributed by atoms with E-state index in [1.807, 2.05) is 0 Å². The van der Waals surface area contributed by atoms with E-state index in [-0.39, 0.29) is 0 Å². The molecule has 0 amide bonds. The standard InChI is InChI=1S/C10H22N2O/c1-8(2)12-10-4-6-11-5-3-9(10)7-13/h8-13H,3-7H2,1-2H3. The second-order valence-electron chi connectivity index (χ2n) is 4.20. The maximum absolute atomic E-state index is 9.23. The van der Waals surface area contributed by atoms with Gasteiger partial charge in [-0.25, -0.2) is 0 Å². The van der Waals surface area contributed by atoms with Crippen LogP contribution in [0.2, 0.25) is 0 Å². The smallest absolute Gasteiger partial charge is 0.0474 e. The first-order valence-electron chi connectivity index (χ1n) is 5.31. The Bertz CT molecular complexity index is 139. The van der Waals surface area contributed by atoms with E-state index in [0.29, 0.717) is 24.6 Å². The highest BCUT2D eigenvalue weighted by Crippen LogP contribution is 2.14. The largest absolute Gasteiger partial charge is 0.396 e. The van der Waals surface area contributed by atoms with E-state index in [1.54, 1.807) is 0 Å². The van der Waals surface area contributed by atoms with Crippen LogP contribution < -0.4 is 10.6 Å². The molecule has 0 aromatic heterocycles. The summed E-state index contributed by atoms with van der Waals surface area (Å²) < 4.78 is 0. The number of aliphatic hydroxyl groups excluding tert-OH is 1. The summed E-state index contributed by atoms with van der Waals surface area (Å²) in [7, 11) is 0. The normalized spacial score (nSPS) is 30.5. The van der Waals surface area contributed by atoms with Gasteiger partial charge >= 0.3 is 0 Å². The van der Waals surface area contributed by atoms with E-state index in [0.717, 1.165) is 25.9 Å². The highest BCUT2D eigenvalue weighted by molar-refractivity contribution is 4.81. The third kappa shape index (κ3) is 3.63. The van der Waals surface area contributed by atoms with Gasteiger partial charge in [-0.15, -0.1) is 0 Å². The first kappa shape index (κ1) is 11.0. The first-order chi connectivity index (χ1) is 6.24. The predicted molar refractivity (Wildman–Crippen MR) is 54.7 cm³/mol. The molecule has 1 aliphatic heterocycles. The molecular formula is C10H22N2O. The number of aliphatic hydroxyl groups is 1. The van der Waals surface area contributed by atoms with E-state index >= 15 is 0 Å². The molecule has 1 aliphatic rings. The molecule has 0 saturated carbocycles. The average Bonchev–Trinajstić information content (AvgIpc) is 2.28. The lowest BCUT2D eigenvalue weighted by Crippen LogP contribution is -2.41. The van der Waals surface area contributed by atoms with Crippen molar-refractivity contribution in [1.82, 2.24) is 10.6 Å². The van der Waals surface area contributed by atoms with Gasteiger partial charge in [0.1, 0.15) is 0 Å². The maximum atomic E-state index is 9.23. The summed E-state index contributed by atoms with van der Waals surface area (Å²) in [4.78, 5) is 0. The van der Waals surface area contributed by atoms with E-state index in [2.05, 4.69) is 24.5 Å². The van der Waals surface area contributed by atoms with Gasteiger partial charge in [-0.1, -0.05) is 13.8 Å². The SMILES string of the molecule is CC(C)NC1CCNCCC1CO. The molecule has 1 fully saturated rings. The number of nitrogens with one attached hydrogen (secondary N) is 2. The lowest BCUT2D eigenvalue weighted by Gasteiger charge is -2.26. The Hall–Kier alpha value is -0.120. The monoisotopic (exact) mass is 186 g/mol. The van der Waals surface area contributed by atoms with Gasteiger partial charge in [0.05, 0.1) is 0 Å². The van der Waals surface area contributed by atoms with E-state index < -0.39 is 0 Å². The zero-order chi connectivity index (χ0) is 9.68. The third-order valence-corrected chi connectivity index (χ3v) is 2.67. The minimum Gasteiger partial charge on any atom is -0.396 e. The van der Waals surface area contributed by atoms with Crippen LogP contribution in [0.4, 0.5) is 0 Å². The molecule has 3 nitrogen and oxygen atoms in total. The minimum atomic E-state index is 0.312. The summed E-state index contributed by atoms with van der Waals surface area (Å²) in [5, 5.41) is 16.1. The van der Waals surface area contributed by atoms with Gasteiger partial charge < -0.3 is 15.7 Å². The number of rotatable bonds is 3. The molecule has 3 N–H and O–H groups in total. The maximum Gasteiger partial charge on any atom is 0.0474 e.